The zero-order valence-corrected chi connectivity index (χ0v) is 13.4. The minimum Gasteiger partial charge on any atom is -0.460 e. The van der Waals surface area contributed by atoms with Crippen LogP contribution in [-0.2, 0) is 0 Å². The average Bonchev–Trinajstić information content (AvgIpc) is 2.58. The Bertz CT molecular complexity index is 658. The van der Waals surface area contributed by atoms with E-state index in [2.05, 4.69) is 15.3 Å². The van der Waals surface area contributed by atoms with E-state index >= 15 is 0 Å². The smallest absolute Gasteiger partial charge is 0.316 e. The molecule has 6 heteroatoms. The summed E-state index contributed by atoms with van der Waals surface area (Å²) in [6.45, 7) is 0. The molecule has 2 aromatic rings. The van der Waals surface area contributed by atoms with E-state index in [4.69, 9.17) is 16.3 Å². The van der Waals surface area contributed by atoms with Crippen LogP contribution >= 0.6 is 11.6 Å². The van der Waals surface area contributed by atoms with Crippen molar-refractivity contribution < 1.29 is 9.53 Å². The van der Waals surface area contributed by atoms with E-state index in [0.717, 1.165) is 25.7 Å². The molecule has 1 amide bonds. The van der Waals surface area contributed by atoms with Gasteiger partial charge in [-0.25, -0.2) is 9.97 Å². The van der Waals surface area contributed by atoms with E-state index in [1.165, 1.54) is 0 Å². The van der Waals surface area contributed by atoms with Crippen molar-refractivity contribution in [2.45, 2.75) is 37.8 Å². The lowest BCUT2D eigenvalue weighted by Crippen LogP contribution is -2.39. The van der Waals surface area contributed by atoms with Gasteiger partial charge in [-0.2, -0.15) is 0 Å². The molecule has 1 aliphatic rings. The lowest BCUT2D eigenvalue weighted by molar-refractivity contribution is 0.0885. The Kier molecular flexibility index (Phi) is 5.08. The first kappa shape index (κ1) is 15.7. The van der Waals surface area contributed by atoms with Gasteiger partial charge in [0.1, 0.15) is 6.10 Å². The van der Waals surface area contributed by atoms with Crippen molar-refractivity contribution in [1.29, 1.82) is 0 Å². The minimum absolute atomic E-state index is 0.103. The number of nitrogens with zero attached hydrogens (tertiary/aromatic N) is 2. The molecule has 1 aliphatic carbocycles. The lowest BCUT2D eigenvalue weighted by Gasteiger charge is -2.28. The molecule has 0 spiro atoms. The molecule has 0 radical (unpaired) electrons. The van der Waals surface area contributed by atoms with Crippen molar-refractivity contribution in [2.24, 2.45) is 0 Å². The standard InChI is InChI=1S/C17H18ClN3O2/c18-15-5-2-1-4-14(15)16(22)21-12-6-8-13(9-7-12)23-17-19-10-3-11-20-17/h1-5,10-13H,6-9H2,(H,21,22). The second-order valence-electron chi connectivity index (χ2n) is 5.58. The largest absolute Gasteiger partial charge is 0.460 e. The van der Waals surface area contributed by atoms with Crippen LogP contribution in [0.15, 0.2) is 42.7 Å². The summed E-state index contributed by atoms with van der Waals surface area (Å²) < 4.78 is 5.76. The van der Waals surface area contributed by atoms with E-state index in [1.807, 2.05) is 12.1 Å². The third kappa shape index (κ3) is 4.20. The van der Waals surface area contributed by atoms with Gasteiger partial charge in [-0.05, 0) is 43.9 Å². The molecule has 0 aliphatic heterocycles. The first-order chi connectivity index (χ1) is 11.2. The van der Waals surface area contributed by atoms with Gasteiger partial charge in [0.2, 0.25) is 0 Å². The van der Waals surface area contributed by atoms with Crippen LogP contribution in [0.5, 0.6) is 6.01 Å². The Morgan fingerprint density at radius 2 is 1.78 bits per heavy atom. The summed E-state index contributed by atoms with van der Waals surface area (Å²) in [5.74, 6) is -0.119. The van der Waals surface area contributed by atoms with Crippen molar-refractivity contribution in [3.63, 3.8) is 0 Å². The third-order valence-electron chi connectivity index (χ3n) is 3.94. The van der Waals surface area contributed by atoms with Gasteiger partial charge >= 0.3 is 6.01 Å². The highest BCUT2D eigenvalue weighted by molar-refractivity contribution is 6.33. The highest BCUT2D eigenvalue weighted by atomic mass is 35.5. The number of aromatic nitrogens is 2. The Morgan fingerprint density at radius 1 is 1.09 bits per heavy atom. The second kappa shape index (κ2) is 7.42. The molecule has 1 saturated carbocycles. The zero-order chi connectivity index (χ0) is 16.1. The molecular weight excluding hydrogens is 314 g/mol. The summed E-state index contributed by atoms with van der Waals surface area (Å²) in [5.41, 5.74) is 0.519. The summed E-state index contributed by atoms with van der Waals surface area (Å²) >= 11 is 6.06. The number of halogens is 1. The number of amides is 1. The van der Waals surface area contributed by atoms with Crippen LogP contribution in [0, 0.1) is 0 Å². The molecule has 0 atom stereocenters. The molecule has 5 nitrogen and oxygen atoms in total. The predicted octanol–water partition coefficient (Wildman–Crippen LogP) is 3.25. The van der Waals surface area contributed by atoms with Gasteiger partial charge in [0.15, 0.2) is 0 Å². The molecule has 3 rings (SSSR count). The van der Waals surface area contributed by atoms with E-state index in [-0.39, 0.29) is 18.1 Å². The fraction of sp³-hybridized carbons (Fsp3) is 0.353. The second-order valence-corrected chi connectivity index (χ2v) is 5.98. The maximum Gasteiger partial charge on any atom is 0.316 e. The average molecular weight is 332 g/mol. The number of benzene rings is 1. The quantitative estimate of drug-likeness (QED) is 0.934. The fourth-order valence-electron chi connectivity index (χ4n) is 2.73. The Labute approximate surface area is 140 Å². The zero-order valence-electron chi connectivity index (χ0n) is 12.6. The SMILES string of the molecule is O=C(NC1CCC(Oc2ncccn2)CC1)c1ccccc1Cl. The third-order valence-corrected chi connectivity index (χ3v) is 4.27. The van der Waals surface area contributed by atoms with Gasteiger partial charge in [0.05, 0.1) is 10.6 Å². The number of nitrogens with one attached hydrogen (secondary N) is 1. The normalized spacial score (nSPS) is 20.7. The van der Waals surface area contributed by atoms with E-state index in [1.54, 1.807) is 30.6 Å². The predicted molar refractivity (Wildman–Crippen MR) is 87.6 cm³/mol. The molecule has 1 aromatic carbocycles. The van der Waals surface area contributed by atoms with Crippen LogP contribution in [0.2, 0.25) is 5.02 Å². The first-order valence-electron chi connectivity index (χ1n) is 7.71. The Hall–Kier alpha value is -2.14. The van der Waals surface area contributed by atoms with Gasteiger partial charge in [0, 0.05) is 18.4 Å². The van der Waals surface area contributed by atoms with E-state index in [9.17, 15) is 4.79 Å². The Balaban J connectivity index is 1.49. The molecule has 0 bridgehead atoms. The van der Waals surface area contributed by atoms with Crippen LogP contribution in [0.4, 0.5) is 0 Å². The van der Waals surface area contributed by atoms with Crippen LogP contribution < -0.4 is 10.1 Å². The van der Waals surface area contributed by atoms with Crippen LogP contribution in [-0.4, -0.2) is 28.0 Å². The first-order valence-corrected chi connectivity index (χ1v) is 8.09. The maximum absolute atomic E-state index is 12.3. The minimum atomic E-state index is -0.119. The number of rotatable bonds is 4. The van der Waals surface area contributed by atoms with Crippen molar-refractivity contribution in [2.75, 3.05) is 0 Å². The van der Waals surface area contributed by atoms with Gasteiger partial charge < -0.3 is 10.1 Å². The number of carbonyl (C=O) groups is 1. The van der Waals surface area contributed by atoms with Crippen molar-refractivity contribution in [3.05, 3.63) is 53.3 Å². The topological polar surface area (TPSA) is 64.1 Å². The molecule has 1 heterocycles. The lowest BCUT2D eigenvalue weighted by atomic mass is 9.92. The highest BCUT2D eigenvalue weighted by Gasteiger charge is 2.24. The van der Waals surface area contributed by atoms with Crippen molar-refractivity contribution in [1.82, 2.24) is 15.3 Å². The van der Waals surface area contributed by atoms with Gasteiger partial charge in [0.25, 0.3) is 5.91 Å². The molecule has 1 aromatic heterocycles. The van der Waals surface area contributed by atoms with E-state index in [0.29, 0.717) is 16.6 Å². The summed E-state index contributed by atoms with van der Waals surface area (Å²) in [4.78, 5) is 20.4. The molecule has 0 saturated heterocycles. The van der Waals surface area contributed by atoms with Gasteiger partial charge in [-0.1, -0.05) is 23.7 Å². The summed E-state index contributed by atoms with van der Waals surface area (Å²) in [7, 11) is 0. The fourth-order valence-corrected chi connectivity index (χ4v) is 2.95. The Morgan fingerprint density at radius 3 is 2.48 bits per heavy atom. The maximum atomic E-state index is 12.3. The van der Waals surface area contributed by atoms with Gasteiger partial charge in [-0.3, -0.25) is 4.79 Å². The summed E-state index contributed by atoms with van der Waals surface area (Å²) in [5, 5.41) is 3.53. The number of hydrogen-bond acceptors (Lipinski definition) is 4. The molecule has 1 fully saturated rings. The van der Waals surface area contributed by atoms with Crippen LogP contribution in [0.3, 0.4) is 0 Å². The van der Waals surface area contributed by atoms with Crippen LogP contribution in [0.1, 0.15) is 36.0 Å². The monoisotopic (exact) mass is 331 g/mol. The molecular formula is C17H18ClN3O2. The summed E-state index contributed by atoms with van der Waals surface area (Å²) in [6, 6.07) is 9.40. The molecule has 120 valence electrons. The molecule has 1 N–H and O–H groups in total. The van der Waals surface area contributed by atoms with E-state index < -0.39 is 0 Å². The molecule has 23 heavy (non-hydrogen) atoms. The van der Waals surface area contributed by atoms with Crippen LogP contribution in [0.25, 0.3) is 0 Å². The number of ether oxygens (including phenoxy) is 1. The number of carbonyl (C=O) groups excluding carboxylic acids is 1. The number of hydrogen-bond donors (Lipinski definition) is 1. The van der Waals surface area contributed by atoms with Crippen molar-refractivity contribution >= 4 is 17.5 Å². The summed E-state index contributed by atoms with van der Waals surface area (Å²) in [6.07, 6.45) is 6.90. The highest BCUT2D eigenvalue weighted by Crippen LogP contribution is 2.23. The van der Waals surface area contributed by atoms with Crippen molar-refractivity contribution in [3.8, 4) is 6.01 Å². The molecule has 0 unspecified atom stereocenters. The van der Waals surface area contributed by atoms with Gasteiger partial charge in [-0.15, -0.1) is 0 Å².